The summed E-state index contributed by atoms with van der Waals surface area (Å²) in [7, 11) is -3.77. The van der Waals surface area contributed by atoms with Gasteiger partial charge in [-0.15, -0.1) is 0 Å². The lowest BCUT2D eigenvalue weighted by molar-refractivity contribution is -0.192. The SMILES string of the molecule is CC(C)S(=O)(=O)n1c(N)nc2ccc(-c3nc(-c4ccc(OCCN5CCCC5)c(F)c4)[nH]c3-c3ccccc3)cc21.O=C(O)C(F)(F)F. The Morgan fingerprint density at radius 1 is 1.00 bits per heavy atom. The van der Waals surface area contributed by atoms with Crippen LogP contribution in [0.5, 0.6) is 5.75 Å². The number of imidazole rings is 2. The lowest BCUT2D eigenvalue weighted by atomic mass is 10.0. The number of alkyl halides is 3. The van der Waals surface area contributed by atoms with E-state index in [1.54, 1.807) is 38.1 Å². The molecule has 4 N–H and O–H groups in total. The van der Waals surface area contributed by atoms with Crippen LogP contribution in [0.2, 0.25) is 0 Å². The highest BCUT2D eigenvalue weighted by Gasteiger charge is 2.38. The van der Waals surface area contributed by atoms with E-state index in [4.69, 9.17) is 25.4 Å². The molecule has 0 radical (unpaired) electrons. The number of aromatic nitrogens is 4. The number of hydrogen-bond donors (Lipinski definition) is 3. The summed E-state index contributed by atoms with van der Waals surface area (Å²) in [4.78, 5) is 23.7. The number of likely N-dealkylation sites (tertiary alicyclic amines) is 1. The molecule has 1 saturated heterocycles. The maximum atomic E-state index is 15.1. The number of nitrogens with two attached hydrogens (primary N) is 1. The Hall–Kier alpha value is -4.96. The molecule has 0 unspecified atom stereocenters. The predicted molar refractivity (Wildman–Crippen MR) is 177 cm³/mol. The van der Waals surface area contributed by atoms with Crippen molar-refractivity contribution in [3.05, 3.63) is 72.5 Å². The summed E-state index contributed by atoms with van der Waals surface area (Å²) in [5.74, 6) is -2.65. The molecule has 3 heterocycles. The highest BCUT2D eigenvalue weighted by atomic mass is 32.2. The molecular weight excluding hydrogens is 668 g/mol. The number of aromatic amines is 1. The number of carboxylic acids is 1. The van der Waals surface area contributed by atoms with Crippen LogP contribution in [0.25, 0.3) is 44.9 Å². The first kappa shape index (κ1) is 35.3. The molecular formula is C33H34F4N6O5S. The van der Waals surface area contributed by atoms with Gasteiger partial charge >= 0.3 is 12.1 Å². The average Bonchev–Trinajstić information content (AvgIpc) is 3.80. The zero-order chi connectivity index (χ0) is 35.5. The molecule has 0 atom stereocenters. The van der Waals surface area contributed by atoms with Gasteiger partial charge in [-0.25, -0.2) is 31.5 Å². The smallest absolute Gasteiger partial charge is 0.489 e. The van der Waals surface area contributed by atoms with Crippen LogP contribution in [0.1, 0.15) is 26.7 Å². The second-order valence-electron chi connectivity index (χ2n) is 11.6. The molecule has 16 heteroatoms. The van der Waals surface area contributed by atoms with Gasteiger partial charge in [0, 0.05) is 23.2 Å². The van der Waals surface area contributed by atoms with Gasteiger partial charge in [-0.05, 0) is 70.1 Å². The molecule has 0 amide bonds. The van der Waals surface area contributed by atoms with Gasteiger partial charge in [-0.2, -0.15) is 13.2 Å². The van der Waals surface area contributed by atoms with Crippen LogP contribution in [0.3, 0.4) is 0 Å². The molecule has 11 nitrogen and oxygen atoms in total. The van der Waals surface area contributed by atoms with Crippen molar-refractivity contribution >= 4 is 33.0 Å². The fraction of sp³-hybridized carbons (Fsp3) is 0.303. The van der Waals surface area contributed by atoms with Crippen LogP contribution < -0.4 is 10.5 Å². The van der Waals surface area contributed by atoms with Gasteiger partial charge in [0.1, 0.15) is 12.4 Å². The number of carbonyl (C=O) groups is 1. The Bertz CT molecular complexity index is 2060. The summed E-state index contributed by atoms with van der Waals surface area (Å²) < 4.78 is 79.9. The van der Waals surface area contributed by atoms with Gasteiger partial charge < -0.3 is 20.6 Å². The van der Waals surface area contributed by atoms with Crippen LogP contribution in [-0.4, -0.2) is 81.0 Å². The molecule has 1 fully saturated rings. The molecule has 1 aliphatic rings. The van der Waals surface area contributed by atoms with Crippen molar-refractivity contribution in [3.63, 3.8) is 0 Å². The monoisotopic (exact) mass is 702 g/mol. The standard InChI is InChI=1S/C31H33FN6O3S.C2HF3O2/c1-20(2)42(39,40)38-26-19-22(10-12-25(26)34-31(38)33)29-28(21-8-4-3-5-9-21)35-30(36-29)23-11-13-27(24(32)18-23)41-17-16-37-14-6-7-15-37;3-2(4,5)1(6)7/h3-5,8-13,18-20H,6-7,14-17H2,1-2H3,(H2,33,34)(H,35,36);(H,6,7). The molecule has 0 bridgehead atoms. The highest BCUT2D eigenvalue weighted by molar-refractivity contribution is 7.90. The summed E-state index contributed by atoms with van der Waals surface area (Å²) >= 11 is 0. The summed E-state index contributed by atoms with van der Waals surface area (Å²) in [5, 5.41) is 6.43. The Morgan fingerprint density at radius 3 is 2.27 bits per heavy atom. The number of rotatable bonds is 9. The topological polar surface area (TPSA) is 156 Å². The number of nitrogen functional groups attached to an aromatic ring is 1. The van der Waals surface area contributed by atoms with E-state index in [-0.39, 0.29) is 11.7 Å². The van der Waals surface area contributed by atoms with Crippen LogP contribution in [0.15, 0.2) is 66.7 Å². The lowest BCUT2D eigenvalue weighted by Gasteiger charge is -2.15. The zero-order valence-corrected chi connectivity index (χ0v) is 27.4. The number of H-pyrrole nitrogens is 1. The third-order valence-corrected chi connectivity index (χ3v) is 9.92. The van der Waals surface area contributed by atoms with Crippen molar-refractivity contribution in [1.29, 1.82) is 0 Å². The molecule has 6 rings (SSSR count). The lowest BCUT2D eigenvalue weighted by Crippen LogP contribution is -2.25. The molecule has 0 aliphatic carbocycles. The normalized spacial score (nSPS) is 13.9. The molecule has 5 aromatic rings. The zero-order valence-electron chi connectivity index (χ0n) is 26.5. The third-order valence-electron chi connectivity index (χ3n) is 7.84. The third kappa shape index (κ3) is 7.86. The average molecular weight is 703 g/mol. The highest BCUT2D eigenvalue weighted by Crippen LogP contribution is 2.36. The fourth-order valence-corrected chi connectivity index (χ4v) is 6.43. The fourth-order valence-electron chi connectivity index (χ4n) is 5.29. The summed E-state index contributed by atoms with van der Waals surface area (Å²) in [6, 6.07) is 19.7. The molecule has 3 aromatic carbocycles. The maximum absolute atomic E-state index is 15.1. The van der Waals surface area contributed by atoms with Crippen molar-refractivity contribution in [1.82, 2.24) is 23.8 Å². The summed E-state index contributed by atoms with van der Waals surface area (Å²) in [5.41, 5.74) is 10.3. The number of nitrogens with one attached hydrogen (secondary N) is 1. The van der Waals surface area contributed by atoms with Gasteiger partial charge in [0.2, 0.25) is 16.0 Å². The minimum atomic E-state index is -5.08. The van der Waals surface area contributed by atoms with Gasteiger partial charge in [0.05, 0.1) is 27.7 Å². The minimum absolute atomic E-state index is 0.0972. The first-order valence-electron chi connectivity index (χ1n) is 15.3. The van der Waals surface area contributed by atoms with E-state index in [1.807, 2.05) is 36.4 Å². The number of fused-ring (bicyclic) bond motifs is 1. The van der Waals surface area contributed by atoms with Gasteiger partial charge in [-0.3, -0.25) is 4.90 Å². The maximum Gasteiger partial charge on any atom is 0.490 e. The number of benzene rings is 3. The molecule has 49 heavy (non-hydrogen) atoms. The second-order valence-corrected chi connectivity index (χ2v) is 13.9. The van der Waals surface area contributed by atoms with E-state index >= 15 is 4.39 Å². The van der Waals surface area contributed by atoms with E-state index in [1.165, 1.54) is 18.9 Å². The van der Waals surface area contributed by atoms with Crippen molar-refractivity contribution in [2.75, 3.05) is 32.0 Å². The van der Waals surface area contributed by atoms with Crippen LogP contribution in [0.4, 0.5) is 23.5 Å². The van der Waals surface area contributed by atoms with Crippen molar-refractivity contribution in [3.8, 4) is 39.7 Å². The number of aliphatic carboxylic acids is 1. The summed E-state index contributed by atoms with van der Waals surface area (Å²) in [6.07, 6.45) is -2.69. The van der Waals surface area contributed by atoms with Crippen LogP contribution >= 0.6 is 0 Å². The van der Waals surface area contributed by atoms with Crippen LogP contribution in [-0.2, 0) is 14.8 Å². The Balaban J connectivity index is 0.000000606. The number of ether oxygens (including phenoxy) is 1. The Kier molecular flexibility index (Phi) is 10.3. The van der Waals surface area contributed by atoms with Crippen molar-refractivity contribution in [2.24, 2.45) is 0 Å². The number of hydrogen-bond acceptors (Lipinski definition) is 8. The van der Waals surface area contributed by atoms with Crippen molar-refractivity contribution < 1.29 is 40.6 Å². The molecule has 1 aliphatic heterocycles. The second kappa shape index (κ2) is 14.3. The van der Waals surface area contributed by atoms with Gasteiger partial charge in [-0.1, -0.05) is 36.4 Å². The number of halogens is 4. The first-order chi connectivity index (χ1) is 23.2. The number of nitrogens with zero attached hydrogens (tertiary/aromatic N) is 4. The van der Waals surface area contributed by atoms with E-state index in [0.29, 0.717) is 46.0 Å². The first-order valence-corrected chi connectivity index (χ1v) is 16.8. The molecule has 260 valence electrons. The van der Waals surface area contributed by atoms with E-state index in [2.05, 4.69) is 14.9 Å². The van der Waals surface area contributed by atoms with Gasteiger partial charge in [0.15, 0.2) is 11.6 Å². The summed E-state index contributed by atoms with van der Waals surface area (Å²) in [6.45, 7) is 6.52. The largest absolute Gasteiger partial charge is 0.490 e. The van der Waals surface area contributed by atoms with Crippen LogP contribution in [0, 0.1) is 5.82 Å². The van der Waals surface area contributed by atoms with Crippen molar-refractivity contribution in [2.45, 2.75) is 38.1 Å². The van der Waals surface area contributed by atoms with Gasteiger partial charge in [0.25, 0.3) is 0 Å². The predicted octanol–water partition coefficient (Wildman–Crippen LogP) is 6.18. The number of carboxylic acid groups (broad SMARTS) is 1. The quantitative estimate of drug-likeness (QED) is 0.153. The molecule has 0 spiro atoms. The Morgan fingerprint density at radius 2 is 1.65 bits per heavy atom. The molecule has 0 saturated carbocycles. The minimum Gasteiger partial charge on any atom is -0.489 e. The number of anilines is 1. The molecule has 2 aromatic heterocycles. The van der Waals surface area contributed by atoms with E-state index in [9.17, 15) is 21.6 Å². The Labute approximate surface area is 279 Å². The van der Waals surface area contributed by atoms with E-state index < -0.39 is 33.2 Å². The van der Waals surface area contributed by atoms with E-state index in [0.717, 1.165) is 29.2 Å².